The molecule has 10 heteroatoms. The zero-order valence-electron chi connectivity index (χ0n) is 18.1. The molecule has 0 spiro atoms. The molecule has 34 heavy (non-hydrogen) atoms. The van der Waals surface area contributed by atoms with Gasteiger partial charge in [-0.3, -0.25) is 9.52 Å². The van der Waals surface area contributed by atoms with Crippen LogP contribution in [0.3, 0.4) is 0 Å². The lowest BCUT2D eigenvalue weighted by Crippen LogP contribution is -2.19. The number of hydrogen-bond donors (Lipinski definition) is 1. The van der Waals surface area contributed by atoms with E-state index < -0.39 is 28.4 Å². The lowest BCUT2D eigenvalue weighted by molar-refractivity contribution is 0.0475. The summed E-state index contributed by atoms with van der Waals surface area (Å²) in [6.07, 6.45) is 0. The number of rotatable bonds is 8. The average molecular weight is 483 g/mol. The standard InChI is InChI=1S/C24H21NO8S/c1-30-21-9-5-3-7-18(21)20(26)15-33-24(27)17-6-2-4-8-19(17)25-34(28,29)16-10-11-22-23(14-16)32-13-12-31-22/h2-11,14,25H,12-13,15H2,1H3. The van der Waals surface area contributed by atoms with E-state index in [9.17, 15) is 18.0 Å². The second-order valence-corrected chi connectivity index (χ2v) is 8.84. The quantitative estimate of drug-likeness (QED) is 0.383. The second-order valence-electron chi connectivity index (χ2n) is 7.16. The summed E-state index contributed by atoms with van der Waals surface area (Å²) in [6, 6.07) is 16.7. The van der Waals surface area contributed by atoms with Crippen molar-refractivity contribution in [2.45, 2.75) is 4.90 Å². The van der Waals surface area contributed by atoms with Crippen LogP contribution in [0, 0.1) is 0 Å². The number of hydrogen-bond acceptors (Lipinski definition) is 8. The van der Waals surface area contributed by atoms with Gasteiger partial charge in [-0.25, -0.2) is 13.2 Å². The Hall–Kier alpha value is -4.05. The minimum atomic E-state index is -4.06. The van der Waals surface area contributed by atoms with Gasteiger partial charge in [0.05, 0.1) is 28.8 Å². The second kappa shape index (κ2) is 9.84. The number of nitrogens with one attached hydrogen (secondary N) is 1. The van der Waals surface area contributed by atoms with Gasteiger partial charge >= 0.3 is 5.97 Å². The smallest absolute Gasteiger partial charge is 0.340 e. The monoisotopic (exact) mass is 483 g/mol. The molecule has 9 nitrogen and oxygen atoms in total. The van der Waals surface area contributed by atoms with Gasteiger partial charge < -0.3 is 18.9 Å². The van der Waals surface area contributed by atoms with E-state index in [-0.39, 0.29) is 21.7 Å². The number of Topliss-reactive ketones (excluding diaryl/α,β-unsaturated/α-hetero) is 1. The van der Waals surface area contributed by atoms with Crippen molar-refractivity contribution >= 4 is 27.5 Å². The van der Waals surface area contributed by atoms with Crippen LogP contribution < -0.4 is 18.9 Å². The Kier molecular flexibility index (Phi) is 6.69. The van der Waals surface area contributed by atoms with E-state index in [4.69, 9.17) is 18.9 Å². The van der Waals surface area contributed by atoms with Crippen molar-refractivity contribution in [3.8, 4) is 17.2 Å². The van der Waals surface area contributed by atoms with Gasteiger partial charge in [0.15, 0.2) is 18.1 Å². The van der Waals surface area contributed by atoms with Gasteiger partial charge in [-0.2, -0.15) is 0 Å². The molecule has 3 aromatic rings. The number of ether oxygens (including phenoxy) is 4. The summed E-state index contributed by atoms with van der Waals surface area (Å²) in [4.78, 5) is 25.1. The minimum Gasteiger partial charge on any atom is -0.496 e. The number of methoxy groups -OCH3 is 1. The Bertz CT molecular complexity index is 1340. The van der Waals surface area contributed by atoms with E-state index in [1.54, 1.807) is 36.4 Å². The molecule has 0 saturated heterocycles. The average Bonchev–Trinajstić information content (AvgIpc) is 2.86. The first-order valence-electron chi connectivity index (χ1n) is 10.2. The summed E-state index contributed by atoms with van der Waals surface area (Å²) in [5.41, 5.74) is 0.231. The minimum absolute atomic E-state index is 0.00660. The van der Waals surface area contributed by atoms with Crippen LogP contribution in [0.25, 0.3) is 0 Å². The Balaban J connectivity index is 1.50. The topological polar surface area (TPSA) is 117 Å². The summed E-state index contributed by atoms with van der Waals surface area (Å²) in [7, 11) is -2.63. The van der Waals surface area contributed by atoms with Gasteiger partial charge in [0.1, 0.15) is 19.0 Å². The highest BCUT2D eigenvalue weighted by Crippen LogP contribution is 2.33. The van der Waals surface area contributed by atoms with Crippen molar-refractivity contribution < 1.29 is 37.0 Å². The van der Waals surface area contributed by atoms with E-state index in [1.807, 2.05) is 0 Å². The molecule has 0 radical (unpaired) electrons. The molecular formula is C24H21NO8S. The van der Waals surface area contributed by atoms with E-state index in [1.165, 1.54) is 37.4 Å². The first-order valence-corrected chi connectivity index (χ1v) is 11.7. The molecule has 4 rings (SSSR count). The predicted molar refractivity (Wildman–Crippen MR) is 122 cm³/mol. The molecule has 0 saturated carbocycles. The van der Waals surface area contributed by atoms with Crippen molar-refractivity contribution in [3.05, 3.63) is 77.9 Å². The number of anilines is 1. The number of carbonyl (C=O) groups is 2. The van der Waals surface area contributed by atoms with E-state index >= 15 is 0 Å². The van der Waals surface area contributed by atoms with Gasteiger partial charge in [-0.15, -0.1) is 0 Å². The van der Waals surface area contributed by atoms with Crippen molar-refractivity contribution in [1.29, 1.82) is 0 Å². The Morgan fingerprint density at radius 3 is 2.35 bits per heavy atom. The fraction of sp³-hybridized carbons (Fsp3) is 0.167. The van der Waals surface area contributed by atoms with Gasteiger partial charge in [0.25, 0.3) is 10.0 Å². The summed E-state index contributed by atoms with van der Waals surface area (Å²) in [6.45, 7) is 0.154. The fourth-order valence-corrected chi connectivity index (χ4v) is 4.40. The molecule has 0 fully saturated rings. The molecule has 1 aliphatic heterocycles. The third-order valence-corrected chi connectivity index (χ3v) is 6.32. The number of para-hydroxylation sites is 2. The van der Waals surface area contributed by atoms with Crippen LogP contribution in [0.4, 0.5) is 5.69 Å². The summed E-state index contributed by atoms with van der Waals surface area (Å²) in [5.74, 6) is -0.189. The highest BCUT2D eigenvalue weighted by Gasteiger charge is 2.23. The molecule has 0 aromatic heterocycles. The van der Waals surface area contributed by atoms with Crippen LogP contribution in [0.5, 0.6) is 17.2 Å². The van der Waals surface area contributed by atoms with Crippen LogP contribution in [-0.4, -0.2) is 47.1 Å². The summed E-state index contributed by atoms with van der Waals surface area (Å²) < 4.78 is 49.5. The predicted octanol–water partition coefficient (Wildman–Crippen LogP) is 3.31. The number of carbonyl (C=O) groups excluding carboxylic acids is 2. The fourth-order valence-electron chi connectivity index (χ4n) is 3.31. The largest absolute Gasteiger partial charge is 0.496 e. The molecule has 176 valence electrons. The maximum absolute atomic E-state index is 13.0. The van der Waals surface area contributed by atoms with Gasteiger partial charge in [0.2, 0.25) is 5.78 Å². The van der Waals surface area contributed by atoms with Gasteiger partial charge in [-0.05, 0) is 36.4 Å². The molecule has 0 amide bonds. The Morgan fingerprint density at radius 2 is 1.59 bits per heavy atom. The van der Waals surface area contributed by atoms with E-state index in [0.717, 1.165) is 0 Å². The normalized spacial score (nSPS) is 12.5. The van der Waals surface area contributed by atoms with Crippen LogP contribution in [0.2, 0.25) is 0 Å². The van der Waals surface area contributed by atoms with Crippen molar-refractivity contribution in [2.75, 3.05) is 31.7 Å². The first kappa shape index (κ1) is 23.1. The van der Waals surface area contributed by atoms with Crippen LogP contribution in [0.15, 0.2) is 71.6 Å². The van der Waals surface area contributed by atoms with Gasteiger partial charge in [0, 0.05) is 6.07 Å². The molecule has 3 aromatic carbocycles. The Morgan fingerprint density at radius 1 is 0.912 bits per heavy atom. The number of fused-ring (bicyclic) bond motifs is 1. The number of ketones is 1. The van der Waals surface area contributed by atoms with Gasteiger partial charge in [-0.1, -0.05) is 24.3 Å². The maximum Gasteiger partial charge on any atom is 0.340 e. The highest BCUT2D eigenvalue weighted by atomic mass is 32.2. The van der Waals surface area contributed by atoms with Crippen LogP contribution in [-0.2, 0) is 14.8 Å². The maximum atomic E-state index is 13.0. The zero-order valence-corrected chi connectivity index (χ0v) is 19.0. The van der Waals surface area contributed by atoms with E-state index in [0.29, 0.717) is 30.5 Å². The van der Waals surface area contributed by atoms with Crippen molar-refractivity contribution in [2.24, 2.45) is 0 Å². The SMILES string of the molecule is COc1ccccc1C(=O)COC(=O)c1ccccc1NS(=O)(=O)c1ccc2c(c1)OCCO2. The molecule has 0 bridgehead atoms. The lowest BCUT2D eigenvalue weighted by atomic mass is 10.1. The third kappa shape index (κ3) is 4.96. The van der Waals surface area contributed by atoms with E-state index in [2.05, 4.69) is 4.72 Å². The van der Waals surface area contributed by atoms with Crippen LogP contribution in [0.1, 0.15) is 20.7 Å². The van der Waals surface area contributed by atoms with Crippen molar-refractivity contribution in [1.82, 2.24) is 0 Å². The van der Waals surface area contributed by atoms with Crippen LogP contribution >= 0.6 is 0 Å². The first-order chi connectivity index (χ1) is 16.4. The number of sulfonamides is 1. The summed E-state index contributed by atoms with van der Waals surface area (Å²) in [5, 5.41) is 0. The molecular weight excluding hydrogens is 462 g/mol. The third-order valence-electron chi connectivity index (χ3n) is 4.96. The summed E-state index contributed by atoms with van der Waals surface area (Å²) >= 11 is 0. The zero-order chi connectivity index (χ0) is 24.1. The Labute approximate surface area is 196 Å². The number of esters is 1. The highest BCUT2D eigenvalue weighted by molar-refractivity contribution is 7.92. The molecule has 0 unspecified atom stereocenters. The molecule has 0 atom stereocenters. The molecule has 1 heterocycles. The molecule has 1 N–H and O–H groups in total. The number of benzene rings is 3. The lowest BCUT2D eigenvalue weighted by Gasteiger charge is -2.19. The molecule has 1 aliphatic rings. The molecule has 0 aliphatic carbocycles. The van der Waals surface area contributed by atoms with Crippen molar-refractivity contribution in [3.63, 3.8) is 0 Å².